The van der Waals surface area contributed by atoms with Crippen molar-refractivity contribution >= 4 is 17.9 Å². The third-order valence-corrected chi connectivity index (χ3v) is 13.3. The van der Waals surface area contributed by atoms with E-state index in [0.717, 1.165) is 161 Å². The average Bonchev–Trinajstić information content (AvgIpc) is 3.45. The first-order valence-electron chi connectivity index (χ1n) is 32.3. The molecule has 0 aromatic carbocycles. The first-order chi connectivity index (χ1) is 39.0. The van der Waals surface area contributed by atoms with Gasteiger partial charge in [-0.15, -0.1) is 0 Å². The lowest BCUT2D eigenvalue weighted by molar-refractivity contribution is -0.167. The van der Waals surface area contributed by atoms with Crippen LogP contribution in [0.5, 0.6) is 0 Å². The van der Waals surface area contributed by atoms with Crippen molar-refractivity contribution in [3.05, 3.63) is 146 Å². The number of ether oxygens (including phenoxy) is 3. The van der Waals surface area contributed by atoms with E-state index in [4.69, 9.17) is 14.2 Å². The molecule has 79 heavy (non-hydrogen) atoms. The van der Waals surface area contributed by atoms with Gasteiger partial charge in [0.15, 0.2) is 6.10 Å². The highest BCUT2D eigenvalue weighted by atomic mass is 16.6. The Morgan fingerprint density at radius 3 is 0.785 bits per heavy atom. The summed E-state index contributed by atoms with van der Waals surface area (Å²) in [6.07, 6.45) is 94.2. The van der Waals surface area contributed by atoms with Crippen LogP contribution >= 0.6 is 0 Å². The normalized spacial score (nSPS) is 13.1. The highest BCUT2D eigenvalue weighted by Crippen LogP contribution is 2.15. The van der Waals surface area contributed by atoms with Gasteiger partial charge in [0.1, 0.15) is 13.2 Å². The number of hydrogen-bond acceptors (Lipinski definition) is 6. The smallest absolute Gasteiger partial charge is 0.306 e. The monoisotopic (exact) mass is 1090 g/mol. The molecule has 0 aromatic heterocycles. The molecule has 1 atom stereocenters. The van der Waals surface area contributed by atoms with E-state index in [1.165, 1.54) is 77.0 Å². The highest BCUT2D eigenvalue weighted by Gasteiger charge is 2.19. The van der Waals surface area contributed by atoms with Gasteiger partial charge in [-0.1, -0.05) is 263 Å². The first kappa shape index (κ1) is 74.3. The molecule has 0 N–H and O–H groups in total. The summed E-state index contributed by atoms with van der Waals surface area (Å²) in [5.41, 5.74) is 0. The predicted octanol–water partition coefficient (Wildman–Crippen LogP) is 22.3. The number of esters is 3. The summed E-state index contributed by atoms with van der Waals surface area (Å²) < 4.78 is 16.9. The summed E-state index contributed by atoms with van der Waals surface area (Å²) in [6.45, 7) is 6.37. The van der Waals surface area contributed by atoms with Crippen LogP contribution in [-0.4, -0.2) is 37.2 Å². The van der Waals surface area contributed by atoms with Gasteiger partial charge < -0.3 is 14.2 Å². The zero-order chi connectivity index (χ0) is 57.1. The van der Waals surface area contributed by atoms with Crippen LogP contribution < -0.4 is 0 Å². The fraction of sp³-hybridized carbons (Fsp3) is 0.630. The van der Waals surface area contributed by atoms with E-state index in [0.29, 0.717) is 19.3 Å². The molecule has 0 saturated carbocycles. The van der Waals surface area contributed by atoms with Gasteiger partial charge in [0, 0.05) is 19.3 Å². The zero-order valence-electron chi connectivity index (χ0n) is 51.1. The second-order valence-electron chi connectivity index (χ2n) is 20.9. The molecule has 1 unspecified atom stereocenters. The van der Waals surface area contributed by atoms with Crippen LogP contribution in [0.4, 0.5) is 0 Å². The van der Waals surface area contributed by atoms with Gasteiger partial charge in [0.05, 0.1) is 0 Å². The number of allylic oxidation sites excluding steroid dienone is 24. The van der Waals surface area contributed by atoms with Gasteiger partial charge in [0.25, 0.3) is 0 Å². The summed E-state index contributed by atoms with van der Waals surface area (Å²) in [6, 6.07) is 0. The topological polar surface area (TPSA) is 78.9 Å². The Kier molecular flexibility index (Phi) is 61.9. The second kappa shape index (κ2) is 65.8. The van der Waals surface area contributed by atoms with E-state index in [2.05, 4.69) is 167 Å². The Balaban J connectivity index is 4.33. The van der Waals surface area contributed by atoms with Gasteiger partial charge >= 0.3 is 17.9 Å². The van der Waals surface area contributed by atoms with Gasteiger partial charge in [-0.25, -0.2) is 0 Å². The lowest BCUT2D eigenvalue weighted by atomic mass is 10.1. The minimum Gasteiger partial charge on any atom is -0.462 e. The Labute approximate surface area is 487 Å². The molecule has 0 aliphatic rings. The molecule has 446 valence electrons. The summed E-state index contributed by atoms with van der Waals surface area (Å²) in [7, 11) is 0. The average molecular weight is 1090 g/mol. The maximum atomic E-state index is 12.9. The molecule has 6 nitrogen and oxygen atoms in total. The summed E-state index contributed by atoms with van der Waals surface area (Å²) in [5.74, 6) is -0.936. The molecule has 0 aromatic rings. The third kappa shape index (κ3) is 64.0. The predicted molar refractivity (Wildman–Crippen MR) is 343 cm³/mol. The SMILES string of the molecule is CC/C=C\C/C=C\C/C=C\C/C=C\C/C=C\C/C=C\C/C=C\CCCCCCCCCCCC(=O)OCC(COC(=O)CCCCCCC/C=C\CCCCCC)OC(=O)CCCCCC/C=C\C/C=C\C/C=C\C/C=C\CC. The maximum Gasteiger partial charge on any atom is 0.306 e. The fourth-order valence-electron chi connectivity index (χ4n) is 8.53. The summed E-state index contributed by atoms with van der Waals surface area (Å²) >= 11 is 0. The van der Waals surface area contributed by atoms with E-state index in [1.54, 1.807) is 0 Å². The Bertz CT molecular complexity index is 1730. The Morgan fingerprint density at radius 2 is 0.494 bits per heavy atom. The number of hydrogen-bond donors (Lipinski definition) is 0. The van der Waals surface area contributed by atoms with Crippen molar-refractivity contribution in [3.63, 3.8) is 0 Å². The van der Waals surface area contributed by atoms with E-state index in [-0.39, 0.29) is 31.1 Å². The summed E-state index contributed by atoms with van der Waals surface area (Å²) in [4.78, 5) is 38.3. The number of rotatable bonds is 57. The van der Waals surface area contributed by atoms with Crippen molar-refractivity contribution in [1.82, 2.24) is 0 Å². The molecular formula is C73H118O6. The zero-order valence-corrected chi connectivity index (χ0v) is 51.1. The largest absolute Gasteiger partial charge is 0.462 e. The molecule has 6 heteroatoms. The number of carbonyl (C=O) groups is 3. The molecule has 0 bridgehead atoms. The Hall–Kier alpha value is -4.71. The van der Waals surface area contributed by atoms with E-state index in [9.17, 15) is 14.4 Å². The fourth-order valence-corrected chi connectivity index (χ4v) is 8.53. The minimum atomic E-state index is -0.803. The molecule has 0 spiro atoms. The molecule has 0 radical (unpaired) electrons. The van der Waals surface area contributed by atoms with Crippen molar-refractivity contribution in [2.45, 2.75) is 284 Å². The molecule has 0 rings (SSSR count). The van der Waals surface area contributed by atoms with Crippen molar-refractivity contribution in [3.8, 4) is 0 Å². The third-order valence-electron chi connectivity index (χ3n) is 13.3. The molecular weight excluding hydrogens is 973 g/mol. The van der Waals surface area contributed by atoms with Crippen LogP contribution in [0.15, 0.2) is 146 Å². The minimum absolute atomic E-state index is 0.0979. The lowest BCUT2D eigenvalue weighted by Crippen LogP contribution is -2.30. The van der Waals surface area contributed by atoms with Crippen LogP contribution in [-0.2, 0) is 28.6 Å². The number of unbranched alkanes of at least 4 members (excludes halogenated alkanes) is 22. The van der Waals surface area contributed by atoms with Crippen molar-refractivity contribution in [2.75, 3.05) is 13.2 Å². The molecule has 0 amide bonds. The lowest BCUT2D eigenvalue weighted by Gasteiger charge is -2.18. The molecule has 0 aliphatic carbocycles. The van der Waals surface area contributed by atoms with Crippen molar-refractivity contribution < 1.29 is 28.6 Å². The molecule has 0 saturated heterocycles. The second-order valence-corrected chi connectivity index (χ2v) is 20.9. The van der Waals surface area contributed by atoms with Crippen LogP contribution in [0.3, 0.4) is 0 Å². The van der Waals surface area contributed by atoms with Crippen LogP contribution in [0.2, 0.25) is 0 Å². The van der Waals surface area contributed by atoms with Gasteiger partial charge in [-0.3, -0.25) is 14.4 Å². The van der Waals surface area contributed by atoms with E-state index >= 15 is 0 Å². The van der Waals surface area contributed by atoms with Crippen LogP contribution in [0.25, 0.3) is 0 Å². The van der Waals surface area contributed by atoms with E-state index in [1.807, 2.05) is 0 Å². The van der Waals surface area contributed by atoms with E-state index < -0.39 is 6.10 Å². The summed E-state index contributed by atoms with van der Waals surface area (Å²) in [5, 5.41) is 0. The maximum absolute atomic E-state index is 12.9. The highest BCUT2D eigenvalue weighted by molar-refractivity contribution is 5.71. The van der Waals surface area contributed by atoms with Crippen molar-refractivity contribution in [1.29, 1.82) is 0 Å². The van der Waals surface area contributed by atoms with Gasteiger partial charge in [0.2, 0.25) is 0 Å². The van der Waals surface area contributed by atoms with Gasteiger partial charge in [-0.05, 0) is 141 Å². The molecule has 0 aliphatic heterocycles. The standard InChI is InChI=1S/C73H118O6/c1-4-7-10-13-16-19-22-25-27-29-30-31-32-33-34-35-36-37-38-39-40-41-42-44-45-48-51-54-57-60-63-66-72(75)78-69-70(68-77-71(74)65-62-59-56-53-50-47-24-21-18-15-12-9-6-3)79-73(76)67-64-61-58-55-52-49-46-43-28-26-23-20-17-14-11-8-5-2/h7-8,10-11,16-17,19-21,24-28,30-31,33-34,36-37,39-40,46,49,70H,4-6,9,12-15,18,22-23,29,32,35,38,41-45,47-48,50-69H2,1-3H3/b10-7-,11-8-,19-16-,20-17-,24-21-,27-25-,28-26-,31-30-,34-33-,37-36-,40-39-,49-46-. The molecule has 0 heterocycles. The number of carbonyl (C=O) groups excluding carboxylic acids is 3. The quantitative estimate of drug-likeness (QED) is 0.0261. The van der Waals surface area contributed by atoms with Crippen LogP contribution in [0, 0.1) is 0 Å². The Morgan fingerprint density at radius 1 is 0.266 bits per heavy atom. The van der Waals surface area contributed by atoms with Crippen LogP contribution in [0.1, 0.15) is 278 Å². The molecule has 0 fully saturated rings. The van der Waals surface area contributed by atoms with Gasteiger partial charge in [-0.2, -0.15) is 0 Å². The van der Waals surface area contributed by atoms with Crippen molar-refractivity contribution in [2.24, 2.45) is 0 Å². The first-order valence-corrected chi connectivity index (χ1v) is 32.3.